The first kappa shape index (κ1) is 11.9. The van der Waals surface area contributed by atoms with Crippen molar-refractivity contribution in [2.75, 3.05) is 5.73 Å². The molecule has 0 aliphatic rings. The van der Waals surface area contributed by atoms with E-state index in [-0.39, 0.29) is 15.7 Å². The number of nitrogens with two attached hydrogens (primary N) is 2. The van der Waals surface area contributed by atoms with Gasteiger partial charge in [-0.2, -0.15) is 0 Å². The van der Waals surface area contributed by atoms with Crippen LogP contribution in [0.4, 0.5) is 5.82 Å². The molecule has 6 nitrogen and oxygen atoms in total. The van der Waals surface area contributed by atoms with Crippen LogP contribution in [0.2, 0.25) is 5.02 Å². The van der Waals surface area contributed by atoms with E-state index in [1.54, 1.807) is 18.2 Å². The molecule has 4 N–H and O–H groups in total. The number of hydrogen-bond acceptors (Lipinski definition) is 4. The molecule has 2 rings (SSSR count). The average molecular weight is 273 g/mol. The van der Waals surface area contributed by atoms with E-state index < -0.39 is 10.0 Å². The Labute approximate surface area is 103 Å². The van der Waals surface area contributed by atoms with Gasteiger partial charge in [-0.05, 0) is 12.1 Å². The highest BCUT2D eigenvalue weighted by Gasteiger charge is 2.16. The number of aromatic nitrogens is 2. The minimum absolute atomic E-state index is 0.0424. The number of para-hydroxylation sites is 1. The molecule has 0 amide bonds. The van der Waals surface area contributed by atoms with Crippen LogP contribution >= 0.6 is 11.6 Å². The molecule has 2 aromatic rings. The number of sulfonamides is 1. The van der Waals surface area contributed by atoms with Crippen molar-refractivity contribution in [2.45, 2.75) is 4.90 Å². The molecule has 0 saturated carbocycles. The Morgan fingerprint density at radius 2 is 1.94 bits per heavy atom. The molecule has 8 heteroatoms. The topological polar surface area (TPSA) is 104 Å². The van der Waals surface area contributed by atoms with Crippen molar-refractivity contribution in [3.8, 4) is 5.69 Å². The zero-order valence-electron chi connectivity index (χ0n) is 8.54. The molecule has 0 bridgehead atoms. The third-order valence-corrected chi connectivity index (χ3v) is 3.36. The summed E-state index contributed by atoms with van der Waals surface area (Å²) in [6.07, 6.45) is 1.42. The summed E-state index contributed by atoms with van der Waals surface area (Å²) in [6.45, 7) is 0. The molecule has 90 valence electrons. The second kappa shape index (κ2) is 4.02. The van der Waals surface area contributed by atoms with Gasteiger partial charge in [0.2, 0.25) is 10.0 Å². The fourth-order valence-corrected chi connectivity index (χ4v) is 2.23. The van der Waals surface area contributed by atoms with Crippen LogP contribution in [0.1, 0.15) is 0 Å². The van der Waals surface area contributed by atoms with E-state index in [0.717, 1.165) is 0 Å². The third kappa shape index (κ3) is 2.26. The summed E-state index contributed by atoms with van der Waals surface area (Å²) in [5.41, 5.74) is 5.79. The zero-order valence-corrected chi connectivity index (χ0v) is 10.1. The molecule has 0 unspecified atom stereocenters. The Kier molecular flexibility index (Phi) is 2.82. The van der Waals surface area contributed by atoms with Crippen LogP contribution in [0.25, 0.3) is 5.69 Å². The molecule has 0 radical (unpaired) electrons. The highest BCUT2D eigenvalue weighted by molar-refractivity contribution is 7.89. The van der Waals surface area contributed by atoms with Gasteiger partial charge in [-0.3, -0.25) is 0 Å². The summed E-state index contributed by atoms with van der Waals surface area (Å²) in [5.74, 6) is 0.121. The van der Waals surface area contributed by atoms with Crippen molar-refractivity contribution in [3.63, 3.8) is 0 Å². The molecule has 0 spiro atoms. The lowest BCUT2D eigenvalue weighted by Gasteiger charge is -2.06. The molecular weight excluding hydrogens is 264 g/mol. The molecule has 0 aliphatic heterocycles. The van der Waals surface area contributed by atoms with Gasteiger partial charge >= 0.3 is 0 Å². The Morgan fingerprint density at radius 1 is 1.29 bits per heavy atom. The van der Waals surface area contributed by atoms with E-state index >= 15 is 0 Å². The summed E-state index contributed by atoms with van der Waals surface area (Å²) >= 11 is 5.76. The van der Waals surface area contributed by atoms with Crippen molar-refractivity contribution < 1.29 is 8.42 Å². The first-order valence-corrected chi connectivity index (χ1v) is 6.45. The summed E-state index contributed by atoms with van der Waals surface area (Å²) < 4.78 is 24.1. The molecule has 0 atom stereocenters. The van der Waals surface area contributed by atoms with Gasteiger partial charge in [0.25, 0.3) is 0 Å². The summed E-state index contributed by atoms with van der Waals surface area (Å²) in [4.78, 5) is -0.0424. The van der Waals surface area contributed by atoms with E-state index in [1.165, 1.54) is 16.9 Å². The number of anilines is 1. The summed E-state index contributed by atoms with van der Waals surface area (Å²) in [7, 11) is -3.83. The van der Waals surface area contributed by atoms with Gasteiger partial charge < -0.3 is 5.73 Å². The van der Waals surface area contributed by atoms with E-state index in [9.17, 15) is 8.42 Å². The predicted molar refractivity (Wildman–Crippen MR) is 64.4 cm³/mol. The zero-order chi connectivity index (χ0) is 12.6. The standard InChI is InChI=1S/C9H9ClN4O2S/c10-6-5-14(13-9(6)11)7-3-1-2-4-8(7)17(12,15)16/h1-5H,(H2,11,13)(H2,12,15,16). The minimum atomic E-state index is -3.83. The molecule has 0 aliphatic carbocycles. The number of nitrogens with zero attached hydrogens (tertiary/aromatic N) is 2. The molecule has 1 aromatic heterocycles. The minimum Gasteiger partial charge on any atom is -0.381 e. The summed E-state index contributed by atoms with van der Waals surface area (Å²) in [5, 5.41) is 9.25. The van der Waals surface area contributed by atoms with Gasteiger partial charge in [-0.1, -0.05) is 23.7 Å². The number of primary sulfonamides is 1. The fourth-order valence-electron chi connectivity index (χ4n) is 1.38. The lowest BCUT2D eigenvalue weighted by Crippen LogP contribution is -2.15. The molecular formula is C9H9ClN4O2S. The quantitative estimate of drug-likeness (QED) is 0.842. The maximum atomic E-state index is 11.4. The van der Waals surface area contributed by atoms with E-state index in [4.69, 9.17) is 22.5 Å². The smallest absolute Gasteiger partial charge is 0.240 e. The normalized spacial score (nSPS) is 11.6. The second-order valence-electron chi connectivity index (χ2n) is 3.32. The van der Waals surface area contributed by atoms with Crippen LogP contribution in [-0.2, 0) is 10.0 Å². The molecule has 17 heavy (non-hydrogen) atoms. The van der Waals surface area contributed by atoms with Gasteiger partial charge in [0.15, 0.2) is 5.82 Å². The van der Waals surface area contributed by atoms with Crippen LogP contribution < -0.4 is 10.9 Å². The van der Waals surface area contributed by atoms with E-state index in [1.807, 2.05) is 0 Å². The Hall–Kier alpha value is -1.57. The van der Waals surface area contributed by atoms with Crippen LogP contribution in [0, 0.1) is 0 Å². The van der Waals surface area contributed by atoms with Crippen LogP contribution in [0.5, 0.6) is 0 Å². The highest BCUT2D eigenvalue weighted by atomic mass is 35.5. The van der Waals surface area contributed by atoms with Crippen LogP contribution in [0.15, 0.2) is 35.4 Å². The van der Waals surface area contributed by atoms with Crippen LogP contribution in [0.3, 0.4) is 0 Å². The van der Waals surface area contributed by atoms with Crippen LogP contribution in [-0.4, -0.2) is 18.2 Å². The lowest BCUT2D eigenvalue weighted by atomic mass is 10.3. The number of halogens is 1. The number of benzene rings is 1. The number of rotatable bonds is 2. The monoisotopic (exact) mass is 272 g/mol. The van der Waals surface area contributed by atoms with Gasteiger partial charge in [0.1, 0.15) is 9.92 Å². The highest BCUT2D eigenvalue weighted by Crippen LogP contribution is 2.22. The van der Waals surface area contributed by atoms with E-state index in [0.29, 0.717) is 5.69 Å². The lowest BCUT2D eigenvalue weighted by molar-refractivity contribution is 0.596. The van der Waals surface area contributed by atoms with Gasteiger partial charge in [0, 0.05) is 0 Å². The van der Waals surface area contributed by atoms with Crippen molar-refractivity contribution in [1.29, 1.82) is 0 Å². The molecule has 1 aromatic carbocycles. The summed E-state index contributed by atoms with van der Waals surface area (Å²) in [6, 6.07) is 6.17. The maximum Gasteiger partial charge on any atom is 0.240 e. The van der Waals surface area contributed by atoms with Gasteiger partial charge in [0.05, 0.1) is 11.9 Å². The van der Waals surface area contributed by atoms with Crippen molar-refractivity contribution in [1.82, 2.24) is 9.78 Å². The molecule has 0 fully saturated rings. The molecule has 0 saturated heterocycles. The number of nitrogen functional groups attached to an aromatic ring is 1. The van der Waals surface area contributed by atoms with Gasteiger partial charge in [-0.15, -0.1) is 5.10 Å². The average Bonchev–Trinajstić information content (AvgIpc) is 2.58. The van der Waals surface area contributed by atoms with Crippen molar-refractivity contribution in [2.24, 2.45) is 5.14 Å². The SMILES string of the molecule is Nc1nn(-c2ccccc2S(N)(=O)=O)cc1Cl. The van der Waals surface area contributed by atoms with E-state index in [2.05, 4.69) is 5.10 Å². The predicted octanol–water partition coefficient (Wildman–Crippen LogP) is 0.755. The van der Waals surface area contributed by atoms with Crippen molar-refractivity contribution >= 4 is 27.4 Å². The first-order chi connectivity index (χ1) is 7.89. The first-order valence-electron chi connectivity index (χ1n) is 4.52. The Bertz CT molecular complexity index is 646. The largest absolute Gasteiger partial charge is 0.381 e. The second-order valence-corrected chi connectivity index (χ2v) is 5.26. The molecule has 1 heterocycles. The Balaban J connectivity index is 2.68. The van der Waals surface area contributed by atoms with Gasteiger partial charge in [-0.25, -0.2) is 18.2 Å². The fraction of sp³-hybridized carbons (Fsp3) is 0. The van der Waals surface area contributed by atoms with Crippen molar-refractivity contribution in [3.05, 3.63) is 35.5 Å². The maximum absolute atomic E-state index is 11.4. The number of hydrogen-bond donors (Lipinski definition) is 2. The Morgan fingerprint density at radius 3 is 2.47 bits per heavy atom. The third-order valence-electron chi connectivity index (χ3n) is 2.11.